The molecule has 0 saturated heterocycles. The molecule has 23 heavy (non-hydrogen) atoms. The van der Waals surface area contributed by atoms with Gasteiger partial charge < -0.3 is 4.74 Å². The summed E-state index contributed by atoms with van der Waals surface area (Å²) in [5.74, 6) is 0.930. The maximum absolute atomic E-state index is 13.2. The molecule has 1 unspecified atom stereocenters. The molecule has 3 aliphatic rings. The fraction of sp³-hybridized carbons (Fsp3) is 0.529. The van der Waals surface area contributed by atoms with Crippen LogP contribution < -0.4 is 10.2 Å². The molecule has 0 radical (unpaired) electrons. The summed E-state index contributed by atoms with van der Waals surface area (Å²) in [6.45, 7) is 0. The third-order valence-corrected chi connectivity index (χ3v) is 6.14. The molecule has 2 spiro atoms. The van der Waals surface area contributed by atoms with Gasteiger partial charge in [0.15, 0.2) is 10.7 Å². The van der Waals surface area contributed by atoms with Gasteiger partial charge in [0.25, 0.3) is 5.91 Å². The van der Waals surface area contributed by atoms with Crippen molar-refractivity contribution in [3.63, 3.8) is 0 Å². The molecule has 1 saturated carbocycles. The second-order valence-corrected chi connectivity index (χ2v) is 7.76. The van der Waals surface area contributed by atoms with Gasteiger partial charge in [-0.2, -0.15) is 0 Å². The highest BCUT2D eigenvalue weighted by Gasteiger charge is 2.58. The predicted octanol–water partition coefficient (Wildman–Crippen LogP) is 1.43. The summed E-state index contributed by atoms with van der Waals surface area (Å²) in [7, 11) is 3.88. The van der Waals surface area contributed by atoms with Gasteiger partial charge in [-0.05, 0) is 38.0 Å². The third-order valence-electron chi connectivity index (χ3n) is 5.41. The molecule has 1 aromatic carbocycles. The minimum atomic E-state index is -0.795. The van der Waals surface area contributed by atoms with Crippen LogP contribution in [0.2, 0.25) is 0 Å². The standard InChI is InChI=1S/C17H21BN2O2S/c1-20-14(21)17(19-15(20)23-2)10-16(7-3-4-8-16)22-13-6-5-11(18)9-12(13)17/h5-6,9H,3-4,7-8,10,18H2,1-2H3. The highest BCUT2D eigenvalue weighted by molar-refractivity contribution is 8.13. The van der Waals surface area contributed by atoms with Gasteiger partial charge in [-0.1, -0.05) is 29.4 Å². The van der Waals surface area contributed by atoms with Crippen molar-refractivity contribution in [3.8, 4) is 5.75 Å². The van der Waals surface area contributed by atoms with Crippen molar-refractivity contribution in [2.75, 3.05) is 13.3 Å². The molecule has 0 aromatic heterocycles. The number of hydrogen-bond donors (Lipinski definition) is 0. The van der Waals surface area contributed by atoms with E-state index in [1.54, 1.807) is 4.90 Å². The summed E-state index contributed by atoms with van der Waals surface area (Å²) >= 11 is 1.54. The quantitative estimate of drug-likeness (QED) is 0.677. The fourth-order valence-electron chi connectivity index (χ4n) is 4.31. The summed E-state index contributed by atoms with van der Waals surface area (Å²) in [6, 6.07) is 6.16. The van der Waals surface area contributed by atoms with Gasteiger partial charge >= 0.3 is 0 Å². The van der Waals surface area contributed by atoms with Crippen molar-refractivity contribution in [3.05, 3.63) is 23.8 Å². The summed E-state index contributed by atoms with van der Waals surface area (Å²) in [4.78, 5) is 19.9. The van der Waals surface area contributed by atoms with Gasteiger partial charge in [0.05, 0.1) is 0 Å². The topological polar surface area (TPSA) is 41.9 Å². The number of amidine groups is 1. The molecule has 2 heterocycles. The molecule has 0 bridgehead atoms. The van der Waals surface area contributed by atoms with Crippen molar-refractivity contribution >= 4 is 36.1 Å². The number of likely N-dealkylation sites (N-methyl/N-ethyl adjacent to an activating group) is 1. The van der Waals surface area contributed by atoms with Crippen molar-refractivity contribution in [2.24, 2.45) is 4.99 Å². The van der Waals surface area contributed by atoms with Crippen LogP contribution in [0.5, 0.6) is 5.75 Å². The van der Waals surface area contributed by atoms with E-state index in [-0.39, 0.29) is 11.5 Å². The van der Waals surface area contributed by atoms with E-state index in [0.29, 0.717) is 6.42 Å². The van der Waals surface area contributed by atoms with E-state index in [4.69, 9.17) is 9.73 Å². The number of rotatable bonds is 0. The van der Waals surface area contributed by atoms with Gasteiger partial charge in [0.2, 0.25) is 0 Å². The minimum absolute atomic E-state index is 0.0864. The molecule has 4 nitrogen and oxygen atoms in total. The van der Waals surface area contributed by atoms with Gasteiger partial charge in [-0.25, -0.2) is 4.99 Å². The Morgan fingerprint density at radius 3 is 2.74 bits per heavy atom. The number of thioether (sulfide) groups is 1. The van der Waals surface area contributed by atoms with Gasteiger partial charge in [-0.3, -0.25) is 9.69 Å². The Morgan fingerprint density at radius 1 is 1.35 bits per heavy atom. The lowest BCUT2D eigenvalue weighted by Crippen LogP contribution is -2.50. The molecular weight excluding hydrogens is 307 g/mol. The smallest absolute Gasteiger partial charge is 0.261 e. The van der Waals surface area contributed by atoms with E-state index in [0.717, 1.165) is 34.8 Å². The molecular formula is C17H21BN2O2S. The Kier molecular flexibility index (Phi) is 3.31. The summed E-state index contributed by atoms with van der Waals surface area (Å²) in [5, 5.41) is 0.803. The lowest BCUT2D eigenvalue weighted by atomic mass is 9.74. The monoisotopic (exact) mass is 328 g/mol. The molecule has 120 valence electrons. The van der Waals surface area contributed by atoms with E-state index in [1.807, 2.05) is 19.4 Å². The van der Waals surface area contributed by atoms with E-state index in [2.05, 4.69) is 20.0 Å². The van der Waals surface area contributed by atoms with Gasteiger partial charge in [0, 0.05) is 19.0 Å². The van der Waals surface area contributed by atoms with Crippen molar-refractivity contribution in [1.82, 2.24) is 4.90 Å². The fourth-order valence-corrected chi connectivity index (χ4v) is 4.91. The number of nitrogens with zero attached hydrogens (tertiary/aromatic N) is 2. The maximum atomic E-state index is 13.2. The van der Waals surface area contributed by atoms with E-state index >= 15 is 0 Å². The molecule has 1 aliphatic carbocycles. The first-order chi connectivity index (χ1) is 11.0. The van der Waals surface area contributed by atoms with Crippen molar-refractivity contribution in [2.45, 2.75) is 43.2 Å². The van der Waals surface area contributed by atoms with Crippen LogP contribution in [0.3, 0.4) is 0 Å². The van der Waals surface area contributed by atoms with Crippen molar-refractivity contribution < 1.29 is 9.53 Å². The number of carbonyl (C=O) groups excluding carboxylic acids is 1. The first-order valence-electron chi connectivity index (χ1n) is 8.22. The van der Waals surface area contributed by atoms with Gasteiger partial charge in [-0.15, -0.1) is 0 Å². The number of ether oxygens (including phenoxy) is 1. The zero-order valence-corrected chi connectivity index (χ0v) is 14.7. The SMILES string of the molecule is Bc1ccc2c(c1)C1(CC3(CCCC3)O2)N=C(SC)N(C)C1=O. The van der Waals surface area contributed by atoms with E-state index in [1.165, 1.54) is 24.6 Å². The minimum Gasteiger partial charge on any atom is -0.487 e. The molecule has 6 heteroatoms. The van der Waals surface area contributed by atoms with Crippen LogP contribution in [-0.4, -0.2) is 42.7 Å². The van der Waals surface area contributed by atoms with Crippen LogP contribution in [0.4, 0.5) is 0 Å². The first kappa shape index (κ1) is 15.1. The van der Waals surface area contributed by atoms with Crippen LogP contribution in [0.15, 0.2) is 23.2 Å². The lowest BCUT2D eigenvalue weighted by Gasteiger charge is -2.43. The second kappa shape index (κ2) is 5.03. The third kappa shape index (κ3) is 2.07. The Bertz CT molecular complexity index is 715. The number of hydrogen-bond acceptors (Lipinski definition) is 4. The molecule has 1 fully saturated rings. The number of benzene rings is 1. The van der Waals surface area contributed by atoms with Crippen LogP contribution in [0, 0.1) is 0 Å². The molecule has 1 aromatic rings. The van der Waals surface area contributed by atoms with Gasteiger partial charge in [0.1, 0.15) is 19.2 Å². The van der Waals surface area contributed by atoms with E-state index < -0.39 is 5.54 Å². The number of amides is 1. The first-order valence-corrected chi connectivity index (χ1v) is 9.44. The van der Waals surface area contributed by atoms with Crippen LogP contribution >= 0.6 is 11.8 Å². The number of aliphatic imine (C=N–C) groups is 1. The number of fused-ring (bicyclic) bond motifs is 2. The molecule has 0 N–H and O–H groups in total. The molecule has 4 rings (SSSR count). The average Bonchev–Trinajstić information content (AvgIpc) is 3.07. The van der Waals surface area contributed by atoms with Crippen molar-refractivity contribution in [1.29, 1.82) is 0 Å². The normalized spacial score (nSPS) is 28.2. The van der Waals surface area contributed by atoms with Crippen LogP contribution in [0.1, 0.15) is 37.7 Å². The Balaban J connectivity index is 1.93. The Hall–Kier alpha value is -1.43. The molecule has 1 amide bonds. The largest absolute Gasteiger partial charge is 0.487 e. The average molecular weight is 328 g/mol. The van der Waals surface area contributed by atoms with Crippen LogP contribution in [0.25, 0.3) is 0 Å². The summed E-state index contributed by atoms with van der Waals surface area (Å²) in [5.41, 5.74) is 1.06. The van der Waals surface area contributed by atoms with E-state index in [9.17, 15) is 4.79 Å². The second-order valence-electron chi connectivity index (χ2n) is 6.99. The Labute approximate surface area is 142 Å². The Morgan fingerprint density at radius 2 is 2.09 bits per heavy atom. The predicted molar refractivity (Wildman–Crippen MR) is 96.5 cm³/mol. The zero-order chi connectivity index (χ0) is 16.2. The zero-order valence-electron chi connectivity index (χ0n) is 13.9. The highest BCUT2D eigenvalue weighted by Crippen LogP contribution is 2.53. The maximum Gasteiger partial charge on any atom is 0.261 e. The lowest BCUT2D eigenvalue weighted by molar-refractivity contribution is -0.134. The summed E-state index contributed by atoms with van der Waals surface area (Å²) in [6.07, 6.45) is 7.01. The molecule has 2 aliphatic heterocycles. The highest BCUT2D eigenvalue weighted by atomic mass is 32.2. The van der Waals surface area contributed by atoms with Crippen LogP contribution in [-0.2, 0) is 10.3 Å². The summed E-state index contributed by atoms with van der Waals surface area (Å²) < 4.78 is 6.43. The number of carbonyl (C=O) groups is 1. The molecule has 1 atom stereocenters.